The Morgan fingerprint density at radius 1 is 1.31 bits per heavy atom. The lowest BCUT2D eigenvalue weighted by Gasteiger charge is -2.23. The molecule has 0 aromatic heterocycles. The molecule has 0 bridgehead atoms. The number of benzene rings is 1. The van der Waals surface area contributed by atoms with Crippen molar-refractivity contribution in [2.24, 2.45) is 5.92 Å². The molecule has 1 atom stereocenters. The van der Waals surface area contributed by atoms with Crippen molar-refractivity contribution in [3.8, 4) is 0 Å². The Morgan fingerprint density at radius 3 is 2.38 bits per heavy atom. The van der Waals surface area contributed by atoms with Gasteiger partial charge in [-0.05, 0) is 23.0 Å². The molecular weight excluding hydrogens is 200 g/mol. The van der Waals surface area contributed by atoms with Crippen LogP contribution in [0.5, 0.6) is 0 Å². The van der Waals surface area contributed by atoms with Gasteiger partial charge in [0.15, 0.2) is 0 Å². The van der Waals surface area contributed by atoms with Gasteiger partial charge in [0, 0.05) is 0 Å². The van der Waals surface area contributed by atoms with E-state index >= 15 is 0 Å². The topological polar surface area (TPSA) is 37.3 Å². The van der Waals surface area contributed by atoms with E-state index in [4.69, 9.17) is 5.11 Å². The second-order valence-corrected chi connectivity index (χ2v) is 5.35. The molecule has 88 valence electrons. The van der Waals surface area contributed by atoms with Gasteiger partial charge in [-0.3, -0.25) is 4.79 Å². The molecule has 0 aliphatic rings. The zero-order valence-corrected chi connectivity index (χ0v) is 10.4. The van der Waals surface area contributed by atoms with Gasteiger partial charge >= 0.3 is 5.97 Å². The smallest absolute Gasteiger partial charge is 0.306 e. The second kappa shape index (κ2) is 4.69. The van der Waals surface area contributed by atoms with E-state index in [1.165, 1.54) is 5.56 Å². The fourth-order valence-electron chi connectivity index (χ4n) is 1.85. The average molecular weight is 220 g/mol. The van der Waals surface area contributed by atoms with Crippen LogP contribution in [-0.2, 0) is 16.6 Å². The van der Waals surface area contributed by atoms with E-state index in [0.717, 1.165) is 5.56 Å². The summed E-state index contributed by atoms with van der Waals surface area (Å²) in [7, 11) is 0. The third kappa shape index (κ3) is 3.09. The summed E-state index contributed by atoms with van der Waals surface area (Å²) in [6, 6.07) is 8.10. The van der Waals surface area contributed by atoms with Gasteiger partial charge in [0.05, 0.1) is 5.92 Å². The minimum absolute atomic E-state index is 0.0643. The van der Waals surface area contributed by atoms with E-state index < -0.39 is 5.97 Å². The van der Waals surface area contributed by atoms with E-state index in [1.54, 1.807) is 6.92 Å². The van der Waals surface area contributed by atoms with Crippen molar-refractivity contribution in [3.05, 3.63) is 35.4 Å². The highest BCUT2D eigenvalue weighted by atomic mass is 16.4. The van der Waals surface area contributed by atoms with Crippen LogP contribution in [0.25, 0.3) is 0 Å². The van der Waals surface area contributed by atoms with Gasteiger partial charge in [-0.1, -0.05) is 52.0 Å². The summed E-state index contributed by atoms with van der Waals surface area (Å²) in [6.45, 7) is 8.20. The third-order valence-electron chi connectivity index (χ3n) is 2.77. The van der Waals surface area contributed by atoms with E-state index in [1.807, 2.05) is 18.2 Å². The van der Waals surface area contributed by atoms with Crippen LogP contribution in [0.15, 0.2) is 24.3 Å². The summed E-state index contributed by atoms with van der Waals surface area (Å²) in [4.78, 5) is 10.9. The van der Waals surface area contributed by atoms with Crippen LogP contribution in [0.1, 0.15) is 38.8 Å². The van der Waals surface area contributed by atoms with Gasteiger partial charge in [0.2, 0.25) is 0 Å². The van der Waals surface area contributed by atoms with Crippen LogP contribution in [0.2, 0.25) is 0 Å². The number of carbonyl (C=O) groups is 1. The molecule has 1 N–H and O–H groups in total. The molecule has 0 saturated carbocycles. The van der Waals surface area contributed by atoms with Crippen LogP contribution in [0.3, 0.4) is 0 Å². The fourth-order valence-corrected chi connectivity index (χ4v) is 1.85. The summed E-state index contributed by atoms with van der Waals surface area (Å²) < 4.78 is 0. The monoisotopic (exact) mass is 220 g/mol. The average Bonchev–Trinajstić information content (AvgIpc) is 2.16. The van der Waals surface area contributed by atoms with Crippen molar-refractivity contribution in [2.45, 2.75) is 39.5 Å². The SMILES string of the molecule is CC(Cc1ccccc1C(C)(C)C)C(=O)O. The molecule has 1 rings (SSSR count). The van der Waals surface area contributed by atoms with Gasteiger partial charge in [0.1, 0.15) is 0 Å². The van der Waals surface area contributed by atoms with Crippen LogP contribution < -0.4 is 0 Å². The quantitative estimate of drug-likeness (QED) is 0.849. The molecule has 0 aliphatic carbocycles. The van der Waals surface area contributed by atoms with Gasteiger partial charge in [-0.2, -0.15) is 0 Å². The first-order valence-corrected chi connectivity index (χ1v) is 5.63. The standard InChI is InChI=1S/C14H20O2/c1-10(13(15)16)9-11-7-5-6-8-12(11)14(2,3)4/h5-8,10H,9H2,1-4H3,(H,15,16). The summed E-state index contributed by atoms with van der Waals surface area (Å²) in [5.74, 6) is -1.06. The minimum atomic E-state index is -0.733. The van der Waals surface area contributed by atoms with Crippen molar-refractivity contribution >= 4 is 5.97 Å². The largest absolute Gasteiger partial charge is 0.481 e. The Kier molecular flexibility index (Phi) is 3.74. The molecule has 2 heteroatoms. The van der Waals surface area contributed by atoms with Crippen LogP contribution in [0, 0.1) is 5.92 Å². The lowest BCUT2D eigenvalue weighted by molar-refractivity contribution is -0.141. The molecule has 0 spiro atoms. The number of rotatable bonds is 3. The number of aliphatic carboxylic acids is 1. The lowest BCUT2D eigenvalue weighted by atomic mass is 9.81. The van der Waals surface area contributed by atoms with Crippen molar-refractivity contribution in [3.63, 3.8) is 0 Å². The maximum absolute atomic E-state index is 10.9. The maximum Gasteiger partial charge on any atom is 0.306 e. The normalized spacial score (nSPS) is 13.5. The number of carboxylic acids is 1. The molecule has 2 nitrogen and oxygen atoms in total. The first-order chi connectivity index (χ1) is 7.32. The molecule has 1 aromatic rings. The highest BCUT2D eigenvalue weighted by Gasteiger charge is 2.20. The van der Waals surface area contributed by atoms with Crippen molar-refractivity contribution < 1.29 is 9.90 Å². The zero-order valence-electron chi connectivity index (χ0n) is 10.4. The van der Waals surface area contributed by atoms with Crippen molar-refractivity contribution in [1.29, 1.82) is 0 Å². The van der Waals surface area contributed by atoms with Crippen LogP contribution >= 0.6 is 0 Å². The van der Waals surface area contributed by atoms with E-state index in [-0.39, 0.29) is 11.3 Å². The predicted molar refractivity (Wildman–Crippen MR) is 65.6 cm³/mol. The van der Waals surface area contributed by atoms with Crippen LogP contribution in [-0.4, -0.2) is 11.1 Å². The molecule has 0 saturated heterocycles. The molecular formula is C14H20O2. The minimum Gasteiger partial charge on any atom is -0.481 e. The number of hydrogen-bond acceptors (Lipinski definition) is 1. The predicted octanol–water partition coefficient (Wildman–Crippen LogP) is 3.25. The second-order valence-electron chi connectivity index (χ2n) is 5.35. The lowest BCUT2D eigenvalue weighted by Crippen LogP contribution is -2.18. The highest BCUT2D eigenvalue weighted by molar-refractivity contribution is 5.70. The summed E-state index contributed by atoms with van der Waals surface area (Å²) >= 11 is 0. The molecule has 0 heterocycles. The maximum atomic E-state index is 10.9. The molecule has 1 unspecified atom stereocenters. The van der Waals surface area contributed by atoms with Crippen LogP contribution in [0.4, 0.5) is 0 Å². The molecule has 16 heavy (non-hydrogen) atoms. The summed E-state index contributed by atoms with van der Waals surface area (Å²) in [5, 5.41) is 8.94. The molecule has 0 radical (unpaired) electrons. The van der Waals surface area contributed by atoms with E-state index in [2.05, 4.69) is 26.8 Å². The molecule has 0 aliphatic heterocycles. The Bertz CT molecular complexity index is 375. The van der Waals surface area contributed by atoms with E-state index in [9.17, 15) is 4.79 Å². The summed E-state index contributed by atoms with van der Waals surface area (Å²) in [5.41, 5.74) is 2.45. The Morgan fingerprint density at radius 2 is 1.88 bits per heavy atom. The zero-order chi connectivity index (χ0) is 12.3. The number of hydrogen-bond donors (Lipinski definition) is 1. The number of carboxylic acid groups (broad SMARTS) is 1. The Hall–Kier alpha value is -1.31. The highest BCUT2D eigenvalue weighted by Crippen LogP contribution is 2.27. The van der Waals surface area contributed by atoms with Gasteiger partial charge in [-0.25, -0.2) is 0 Å². The summed E-state index contributed by atoms with van der Waals surface area (Å²) in [6.07, 6.45) is 0.600. The first-order valence-electron chi connectivity index (χ1n) is 5.63. The fraction of sp³-hybridized carbons (Fsp3) is 0.500. The van der Waals surface area contributed by atoms with Crippen molar-refractivity contribution in [2.75, 3.05) is 0 Å². The first kappa shape index (κ1) is 12.8. The molecule has 1 aromatic carbocycles. The van der Waals surface area contributed by atoms with Crippen molar-refractivity contribution in [1.82, 2.24) is 0 Å². The molecule has 0 amide bonds. The van der Waals surface area contributed by atoms with E-state index in [0.29, 0.717) is 6.42 Å². The van der Waals surface area contributed by atoms with Gasteiger partial charge in [0.25, 0.3) is 0 Å². The van der Waals surface area contributed by atoms with Gasteiger partial charge < -0.3 is 5.11 Å². The third-order valence-corrected chi connectivity index (χ3v) is 2.77. The molecule has 0 fully saturated rings. The Balaban J connectivity index is 3.01. The Labute approximate surface area is 97.3 Å². The van der Waals surface area contributed by atoms with Gasteiger partial charge in [-0.15, -0.1) is 0 Å².